The van der Waals surface area contributed by atoms with Crippen LogP contribution in [0.25, 0.3) is 132 Å². The van der Waals surface area contributed by atoms with Crippen LogP contribution in [-0.2, 0) is 0 Å². The average Bonchev–Trinajstić information content (AvgIpc) is 4.08. The van der Waals surface area contributed by atoms with Gasteiger partial charge in [-0.05, 0) is 96.1 Å². The summed E-state index contributed by atoms with van der Waals surface area (Å²) in [7, 11) is 0. The Labute approximate surface area is 400 Å². The molecule has 14 aromatic rings. The number of benzene rings is 9. The number of nitrogens with zero attached hydrogens (tertiary/aromatic N) is 6. The molecule has 322 valence electrons. The fourth-order valence-electron chi connectivity index (χ4n) is 10.3. The van der Waals surface area contributed by atoms with Gasteiger partial charge in [0.05, 0.1) is 32.5 Å². The Morgan fingerprint density at radius 2 is 0.797 bits per heavy atom. The third-order valence-corrected chi connectivity index (χ3v) is 14.6. The Kier molecular flexibility index (Phi) is 8.97. The van der Waals surface area contributed by atoms with Gasteiger partial charge in [-0.15, -0.1) is 11.3 Å². The normalized spacial score (nSPS) is 11.8. The van der Waals surface area contributed by atoms with Gasteiger partial charge in [-0.25, -0.2) is 15.0 Å². The molecule has 69 heavy (non-hydrogen) atoms. The van der Waals surface area contributed by atoms with Crippen LogP contribution in [0, 0.1) is 0 Å². The number of hydrogen-bond donors (Lipinski definition) is 0. The first-order chi connectivity index (χ1) is 34.2. The molecule has 0 bridgehead atoms. The third kappa shape index (κ3) is 6.39. The summed E-state index contributed by atoms with van der Waals surface area (Å²) < 4.78 is 7.02. The lowest BCUT2D eigenvalue weighted by Gasteiger charge is -2.12. The molecule has 0 aliphatic heterocycles. The second kappa shape index (κ2) is 15.8. The Bertz CT molecular complexity index is 4300. The van der Waals surface area contributed by atoms with Crippen molar-refractivity contribution in [3.63, 3.8) is 0 Å². The first-order valence-electron chi connectivity index (χ1n) is 23.1. The van der Waals surface area contributed by atoms with Crippen LogP contribution in [0.2, 0.25) is 0 Å². The van der Waals surface area contributed by atoms with Crippen molar-refractivity contribution < 1.29 is 0 Å². The molecule has 5 heterocycles. The quantitative estimate of drug-likeness (QED) is 0.160. The summed E-state index contributed by atoms with van der Waals surface area (Å²) in [6, 6.07) is 79.4. The van der Waals surface area contributed by atoms with Crippen molar-refractivity contribution in [3.05, 3.63) is 231 Å². The molecule has 9 aromatic carbocycles. The van der Waals surface area contributed by atoms with Crippen LogP contribution >= 0.6 is 11.3 Å². The average molecular weight is 899 g/mol. The zero-order valence-corrected chi connectivity index (χ0v) is 37.8. The molecule has 7 heteroatoms. The maximum atomic E-state index is 5.31. The van der Waals surface area contributed by atoms with Crippen LogP contribution in [0.15, 0.2) is 231 Å². The predicted molar refractivity (Wildman–Crippen MR) is 286 cm³/mol. The number of fused-ring (bicyclic) bond motifs is 9. The second-order valence-corrected chi connectivity index (χ2v) is 18.5. The van der Waals surface area contributed by atoms with Gasteiger partial charge >= 0.3 is 0 Å². The zero-order valence-electron chi connectivity index (χ0n) is 37.0. The summed E-state index contributed by atoms with van der Waals surface area (Å²) in [5.41, 5.74) is 13.9. The first-order valence-corrected chi connectivity index (χ1v) is 23.9. The van der Waals surface area contributed by atoms with Crippen LogP contribution in [-0.4, -0.2) is 29.1 Å². The van der Waals surface area contributed by atoms with E-state index in [1.54, 1.807) is 11.3 Å². The Balaban J connectivity index is 0.898. The number of rotatable bonds is 7. The molecule has 0 spiro atoms. The molecule has 0 saturated heterocycles. The summed E-state index contributed by atoms with van der Waals surface area (Å²) in [6.07, 6.45) is 1.94. The highest BCUT2D eigenvalue weighted by molar-refractivity contribution is 7.26. The number of aromatic nitrogens is 6. The number of hydrogen-bond acceptors (Lipinski definition) is 5. The van der Waals surface area contributed by atoms with Crippen LogP contribution in [0.1, 0.15) is 0 Å². The van der Waals surface area contributed by atoms with Crippen molar-refractivity contribution in [1.29, 1.82) is 0 Å². The van der Waals surface area contributed by atoms with Crippen molar-refractivity contribution in [2.75, 3.05) is 0 Å². The van der Waals surface area contributed by atoms with Crippen molar-refractivity contribution in [2.24, 2.45) is 0 Å². The molecule has 0 amide bonds. The third-order valence-electron chi connectivity index (χ3n) is 13.4. The molecule has 0 N–H and O–H groups in total. The highest BCUT2D eigenvalue weighted by atomic mass is 32.1. The largest absolute Gasteiger partial charge is 0.309 e. The van der Waals surface area contributed by atoms with Gasteiger partial charge in [0.15, 0.2) is 17.5 Å². The molecule has 0 aliphatic rings. The van der Waals surface area contributed by atoms with E-state index in [4.69, 9.17) is 19.9 Å². The highest BCUT2D eigenvalue weighted by Crippen LogP contribution is 2.44. The fraction of sp³-hybridized carbons (Fsp3) is 0. The van der Waals surface area contributed by atoms with Gasteiger partial charge in [0.1, 0.15) is 0 Å². The molecule has 0 unspecified atom stereocenters. The van der Waals surface area contributed by atoms with E-state index in [9.17, 15) is 0 Å². The van der Waals surface area contributed by atoms with E-state index in [2.05, 4.69) is 215 Å². The minimum atomic E-state index is 0.590. The van der Waals surface area contributed by atoms with Crippen LogP contribution in [0.3, 0.4) is 0 Å². The molecule has 0 aliphatic carbocycles. The number of para-hydroxylation sites is 4. The van der Waals surface area contributed by atoms with Gasteiger partial charge in [0.2, 0.25) is 0 Å². The van der Waals surface area contributed by atoms with E-state index in [0.29, 0.717) is 17.5 Å². The lowest BCUT2D eigenvalue weighted by Crippen LogP contribution is -2.01. The van der Waals surface area contributed by atoms with Crippen molar-refractivity contribution >= 4 is 75.1 Å². The first kappa shape index (κ1) is 39.2. The van der Waals surface area contributed by atoms with E-state index in [-0.39, 0.29) is 0 Å². The lowest BCUT2D eigenvalue weighted by molar-refractivity contribution is 1.07. The smallest absolute Gasteiger partial charge is 0.164 e. The molecule has 0 fully saturated rings. The molecular weight excluding hydrogens is 861 g/mol. The van der Waals surface area contributed by atoms with Gasteiger partial charge in [0.25, 0.3) is 0 Å². The Morgan fingerprint density at radius 1 is 0.319 bits per heavy atom. The predicted octanol–water partition coefficient (Wildman–Crippen LogP) is 16.2. The maximum absolute atomic E-state index is 5.31. The summed E-state index contributed by atoms with van der Waals surface area (Å²) >= 11 is 1.78. The Hall–Kier alpha value is -9.04. The van der Waals surface area contributed by atoms with E-state index in [0.717, 1.165) is 60.4 Å². The summed E-state index contributed by atoms with van der Waals surface area (Å²) in [5.74, 6) is 1.81. The Morgan fingerprint density at radius 3 is 1.45 bits per heavy atom. The lowest BCUT2D eigenvalue weighted by atomic mass is 9.99. The molecule has 0 atom stereocenters. The van der Waals surface area contributed by atoms with Gasteiger partial charge in [-0.2, -0.15) is 0 Å². The molecule has 0 radical (unpaired) electrons. The molecule has 14 rings (SSSR count). The molecular formula is C62H38N6S. The SMILES string of the molecule is c1ccc(-c2nc(-c3ccc4c(c3)c3ccccc3n4-c3ccccc3)nc(-c3ccccc3-c3nccc4c3sc3ccc(-c5ccc6c(c5)c5ccccc5n6-c5ccccc5)cc34)n2)cc1. The molecule has 6 nitrogen and oxygen atoms in total. The summed E-state index contributed by atoms with van der Waals surface area (Å²) in [4.78, 5) is 20.8. The van der Waals surface area contributed by atoms with Crippen LogP contribution < -0.4 is 0 Å². The second-order valence-electron chi connectivity index (χ2n) is 17.4. The highest BCUT2D eigenvalue weighted by Gasteiger charge is 2.21. The summed E-state index contributed by atoms with van der Waals surface area (Å²) in [6.45, 7) is 0. The molecule has 5 aromatic heterocycles. The van der Waals surface area contributed by atoms with E-state index >= 15 is 0 Å². The summed E-state index contributed by atoms with van der Waals surface area (Å²) in [5, 5.41) is 7.16. The minimum Gasteiger partial charge on any atom is -0.309 e. The number of thiophene rings is 1. The van der Waals surface area contributed by atoms with Gasteiger partial charge in [0, 0.05) is 76.8 Å². The van der Waals surface area contributed by atoms with Gasteiger partial charge in [-0.3, -0.25) is 4.98 Å². The van der Waals surface area contributed by atoms with Gasteiger partial charge in [-0.1, -0.05) is 140 Å². The van der Waals surface area contributed by atoms with Crippen molar-refractivity contribution in [1.82, 2.24) is 29.1 Å². The van der Waals surface area contributed by atoms with Crippen LogP contribution in [0.4, 0.5) is 0 Å². The maximum Gasteiger partial charge on any atom is 0.164 e. The van der Waals surface area contributed by atoms with Gasteiger partial charge < -0.3 is 9.13 Å². The zero-order chi connectivity index (χ0) is 45.4. The van der Waals surface area contributed by atoms with Crippen molar-refractivity contribution in [3.8, 4) is 67.9 Å². The van der Waals surface area contributed by atoms with Crippen molar-refractivity contribution in [2.45, 2.75) is 0 Å². The minimum absolute atomic E-state index is 0.590. The fourth-order valence-corrected chi connectivity index (χ4v) is 11.5. The topological polar surface area (TPSA) is 61.4 Å². The van der Waals surface area contributed by atoms with E-state index in [1.165, 1.54) is 53.8 Å². The van der Waals surface area contributed by atoms with E-state index in [1.807, 2.05) is 24.4 Å². The van der Waals surface area contributed by atoms with Crippen LogP contribution in [0.5, 0.6) is 0 Å². The molecule has 0 saturated carbocycles. The monoisotopic (exact) mass is 898 g/mol. The van der Waals surface area contributed by atoms with E-state index < -0.39 is 0 Å². The standard InChI is InChI=1S/C62H38N6S/c1-4-16-39(17-5-1)60-64-61(42-29-32-56-51(38-42)46-23-13-15-27-54(46)68(56)44-20-8-3-9-21-44)66-62(65-60)49-25-11-10-24-47(49)58-59-48(34-35-63-58)52-37-41(30-33-57(52)69-59)40-28-31-55-50(36-40)45-22-12-14-26-53(45)67(55)43-18-6-2-7-19-43/h1-38H. The number of pyridine rings is 1.